The van der Waals surface area contributed by atoms with Crippen molar-refractivity contribution in [3.05, 3.63) is 54.7 Å². The van der Waals surface area contributed by atoms with Crippen molar-refractivity contribution in [3.63, 3.8) is 0 Å². The summed E-state index contributed by atoms with van der Waals surface area (Å²) < 4.78 is 61.0. The van der Waals surface area contributed by atoms with Crippen LogP contribution < -0.4 is 9.57 Å². The Morgan fingerprint density at radius 2 is 1.26 bits per heavy atom. The molecule has 3 rings (SSSR count). The third-order valence-electron chi connectivity index (χ3n) is 2.85. The van der Waals surface area contributed by atoms with Crippen molar-refractivity contribution in [2.45, 2.75) is 0 Å². The molecule has 1 heterocycles. The van der Waals surface area contributed by atoms with E-state index in [4.69, 9.17) is 4.84 Å². The average molecular weight is 355 g/mol. The number of rotatable bonds is 1. The van der Waals surface area contributed by atoms with Crippen LogP contribution in [0.15, 0.2) is 54.7 Å². The van der Waals surface area contributed by atoms with E-state index in [2.05, 4.69) is 36.4 Å². The number of fused-ring (bicyclic) bond motifs is 3. The second kappa shape index (κ2) is 4.96. The molecule has 0 bridgehead atoms. The van der Waals surface area contributed by atoms with Crippen LogP contribution in [0.5, 0.6) is 0 Å². The molecule has 0 radical (unpaired) electrons. The molecule has 0 aliphatic carbocycles. The van der Waals surface area contributed by atoms with E-state index in [1.54, 1.807) is 11.8 Å². The first kappa shape index (κ1) is 17.3. The van der Waals surface area contributed by atoms with Gasteiger partial charge in [0, 0.05) is 16.2 Å². The Kier molecular flexibility index (Phi) is 3.73. The van der Waals surface area contributed by atoms with Gasteiger partial charge in [-0.25, -0.2) is 0 Å². The van der Waals surface area contributed by atoms with E-state index < -0.39 is 7.81 Å². The van der Waals surface area contributed by atoms with Crippen LogP contribution in [0, 0.1) is 0 Å². The zero-order valence-corrected chi connectivity index (χ0v) is 12.7. The molecule has 2 nitrogen and oxygen atoms in total. The van der Waals surface area contributed by atoms with Crippen molar-refractivity contribution in [2.24, 2.45) is 0 Å². The van der Waals surface area contributed by atoms with Gasteiger partial charge in [-0.3, -0.25) is 4.84 Å². The molecular weight excluding hydrogens is 343 g/mol. The molecule has 0 saturated heterocycles. The van der Waals surface area contributed by atoms with Gasteiger partial charge >= 0.3 is 33.0 Å². The van der Waals surface area contributed by atoms with Crippen molar-refractivity contribution < 1.29 is 34.7 Å². The van der Waals surface area contributed by atoms with Gasteiger partial charge in [0.25, 0.3) is 5.52 Å². The molecule has 0 unspecified atom stereocenters. The summed E-state index contributed by atoms with van der Waals surface area (Å²) in [5.74, 6) is 0. The maximum atomic E-state index is 9.87. The quantitative estimate of drug-likeness (QED) is 0.235. The summed E-state index contributed by atoms with van der Waals surface area (Å²) in [4.78, 5) is 5.35. The third-order valence-corrected chi connectivity index (χ3v) is 2.85. The van der Waals surface area contributed by atoms with Crippen LogP contribution in [0.3, 0.4) is 0 Å². The number of hydrogen-bond donors (Lipinski definition) is 0. The Morgan fingerprint density at radius 1 is 0.783 bits per heavy atom. The van der Waals surface area contributed by atoms with E-state index in [0.29, 0.717) is 0 Å². The number of aromatic nitrogens is 1. The van der Waals surface area contributed by atoms with Gasteiger partial charge in [0.05, 0.1) is 10.8 Å². The maximum absolute atomic E-state index is 10.7. The molecule has 0 atom stereocenters. The number of benzene rings is 2. The summed E-state index contributed by atoms with van der Waals surface area (Å²) in [5.41, 5.74) is 1.09. The summed E-state index contributed by atoms with van der Waals surface area (Å²) in [7, 11) is -8.98. The van der Waals surface area contributed by atoms with Gasteiger partial charge < -0.3 is 0 Å². The first-order chi connectivity index (χ1) is 10.3. The second-order valence-electron chi connectivity index (χ2n) is 4.70. The van der Waals surface area contributed by atoms with Gasteiger partial charge in [0.15, 0.2) is 0 Å². The third kappa shape index (κ3) is 5.56. The SMILES string of the molecule is CO[n+]1cc2ccccc2c2ccccc21.F[P-](F)(F)(F)(F)F. The van der Waals surface area contributed by atoms with Crippen LogP contribution in [-0.2, 0) is 0 Å². The van der Waals surface area contributed by atoms with Gasteiger partial charge in [0.1, 0.15) is 7.11 Å². The molecule has 126 valence electrons. The molecule has 9 heteroatoms. The summed E-state index contributed by atoms with van der Waals surface area (Å²) in [6, 6.07) is 16.6. The van der Waals surface area contributed by atoms with Crippen molar-refractivity contribution in [1.82, 2.24) is 0 Å². The number of halogens is 6. The zero-order valence-electron chi connectivity index (χ0n) is 11.8. The number of para-hydroxylation sites is 1. The van der Waals surface area contributed by atoms with E-state index in [9.17, 15) is 25.2 Å². The van der Waals surface area contributed by atoms with E-state index in [1.165, 1.54) is 16.2 Å². The normalized spacial score (nSPS) is 14.6. The van der Waals surface area contributed by atoms with E-state index in [-0.39, 0.29) is 0 Å². The zero-order chi connectivity index (χ0) is 17.4. The Labute approximate surface area is 127 Å². The van der Waals surface area contributed by atoms with Crippen LogP contribution in [0.2, 0.25) is 0 Å². The predicted octanol–water partition coefficient (Wildman–Crippen LogP) is 5.72. The Bertz CT molecular complexity index is 852. The van der Waals surface area contributed by atoms with Crippen molar-refractivity contribution >= 4 is 29.5 Å². The molecule has 0 saturated carbocycles. The fourth-order valence-electron chi connectivity index (χ4n) is 2.10. The molecule has 0 aliphatic rings. The molecule has 0 aliphatic heterocycles. The van der Waals surface area contributed by atoms with E-state index in [0.717, 1.165) is 5.52 Å². The molecule has 0 amide bonds. The number of pyridine rings is 1. The monoisotopic (exact) mass is 355 g/mol. The van der Waals surface area contributed by atoms with Crippen molar-refractivity contribution in [3.8, 4) is 0 Å². The number of nitrogens with zero attached hydrogens (tertiary/aromatic N) is 1. The number of hydrogen-bond acceptors (Lipinski definition) is 1. The van der Waals surface area contributed by atoms with Crippen LogP contribution in [-0.4, -0.2) is 7.11 Å². The molecule has 0 N–H and O–H groups in total. The summed E-state index contributed by atoms with van der Waals surface area (Å²) in [6.07, 6.45) is 2.01. The fourth-order valence-corrected chi connectivity index (χ4v) is 2.10. The fraction of sp³-hybridized carbons (Fsp3) is 0.0714. The minimum atomic E-state index is -10.7. The van der Waals surface area contributed by atoms with Crippen LogP contribution in [0.1, 0.15) is 0 Å². The van der Waals surface area contributed by atoms with Crippen molar-refractivity contribution in [2.75, 3.05) is 7.11 Å². The first-order valence-corrected chi connectivity index (χ1v) is 8.31. The molecule has 1 aromatic heterocycles. The molecule has 2 aromatic carbocycles. The second-order valence-corrected chi connectivity index (χ2v) is 6.62. The van der Waals surface area contributed by atoms with Gasteiger partial charge in [-0.2, -0.15) is 0 Å². The van der Waals surface area contributed by atoms with Crippen LogP contribution in [0.4, 0.5) is 25.2 Å². The standard InChI is InChI=1S/C14H12NO.F6P/c1-16-15-10-11-6-2-3-7-12(11)13-8-4-5-9-14(13)15;1-7(2,3,4,5)6/h2-10H,1H3;/q+1;-1. The van der Waals surface area contributed by atoms with Crippen LogP contribution in [0.25, 0.3) is 21.7 Å². The molecule has 0 spiro atoms. The van der Waals surface area contributed by atoms with Gasteiger partial charge in [-0.15, -0.1) is 0 Å². The first-order valence-electron chi connectivity index (χ1n) is 6.28. The summed E-state index contributed by atoms with van der Waals surface area (Å²) in [5, 5.41) is 3.65. The Hall–Kier alpha value is -2.08. The van der Waals surface area contributed by atoms with Gasteiger partial charge in [-0.05, 0) is 12.1 Å². The van der Waals surface area contributed by atoms with Gasteiger partial charge in [0.2, 0.25) is 6.20 Å². The van der Waals surface area contributed by atoms with Crippen LogP contribution >= 0.6 is 7.81 Å². The minimum absolute atomic E-state index is 1.09. The topological polar surface area (TPSA) is 13.1 Å². The Morgan fingerprint density at radius 3 is 1.83 bits per heavy atom. The van der Waals surface area contributed by atoms with E-state index in [1.807, 2.05) is 18.3 Å². The molecule has 3 aromatic rings. The predicted molar refractivity (Wildman–Crippen MR) is 77.7 cm³/mol. The molecule has 23 heavy (non-hydrogen) atoms. The summed E-state index contributed by atoms with van der Waals surface area (Å²) in [6.45, 7) is 0. The molecule has 0 fully saturated rings. The molecular formula is C14H12F6NOP. The summed E-state index contributed by atoms with van der Waals surface area (Å²) >= 11 is 0. The van der Waals surface area contributed by atoms with Gasteiger partial charge in [-0.1, -0.05) is 30.3 Å². The van der Waals surface area contributed by atoms with Crippen molar-refractivity contribution in [1.29, 1.82) is 0 Å². The Balaban J connectivity index is 0.000000236. The average Bonchev–Trinajstić information content (AvgIpc) is 2.43. The van der Waals surface area contributed by atoms with E-state index >= 15 is 0 Å².